The molecule has 1 aromatic heterocycles. The summed E-state index contributed by atoms with van der Waals surface area (Å²) in [6.07, 6.45) is 3.77. The number of thiazole rings is 1. The SMILES string of the molecule is Cc1ccc(NC(=O)COc2ccc(Cl)cc2[C@H]2c3sc(=O)[nH]c3SC3C4CCC(C4)C32)cc1. The average molecular weight is 513 g/mol. The van der Waals surface area contributed by atoms with Crippen LogP contribution in [0, 0.1) is 24.7 Å². The highest BCUT2D eigenvalue weighted by Crippen LogP contribution is 2.64. The molecule has 1 amide bonds. The summed E-state index contributed by atoms with van der Waals surface area (Å²) in [5.41, 5.74) is 2.86. The summed E-state index contributed by atoms with van der Waals surface area (Å²) in [7, 11) is 0. The highest BCUT2D eigenvalue weighted by Gasteiger charge is 2.55. The maximum absolute atomic E-state index is 12.6. The average Bonchev–Trinajstić information content (AvgIpc) is 3.52. The third kappa shape index (κ3) is 3.97. The number of ether oxygens (including phenoxy) is 1. The van der Waals surface area contributed by atoms with Crippen LogP contribution in [0.1, 0.15) is 41.2 Å². The van der Waals surface area contributed by atoms with Crippen LogP contribution in [0.15, 0.2) is 52.3 Å². The molecule has 1 aliphatic heterocycles. The van der Waals surface area contributed by atoms with Gasteiger partial charge in [-0.2, -0.15) is 0 Å². The van der Waals surface area contributed by atoms with Crippen LogP contribution in [-0.2, 0) is 4.79 Å². The molecular weight excluding hydrogens is 488 g/mol. The molecule has 0 saturated heterocycles. The van der Waals surface area contributed by atoms with Crippen LogP contribution >= 0.6 is 34.7 Å². The molecule has 2 N–H and O–H groups in total. The zero-order valence-corrected chi connectivity index (χ0v) is 21.1. The molecule has 2 saturated carbocycles. The molecule has 2 aromatic carbocycles. The number of hydrogen-bond acceptors (Lipinski definition) is 5. The van der Waals surface area contributed by atoms with Crippen molar-refractivity contribution in [3.05, 3.63) is 73.2 Å². The normalized spacial score (nSPS) is 26.7. The van der Waals surface area contributed by atoms with E-state index < -0.39 is 0 Å². The van der Waals surface area contributed by atoms with Gasteiger partial charge in [0.05, 0.1) is 5.03 Å². The van der Waals surface area contributed by atoms with Gasteiger partial charge in [-0.3, -0.25) is 9.59 Å². The highest BCUT2D eigenvalue weighted by molar-refractivity contribution is 8.00. The molecule has 5 nitrogen and oxygen atoms in total. The van der Waals surface area contributed by atoms with E-state index in [-0.39, 0.29) is 23.3 Å². The first-order chi connectivity index (χ1) is 16.5. The molecule has 8 heteroatoms. The van der Waals surface area contributed by atoms with Crippen LogP contribution in [0.2, 0.25) is 5.02 Å². The molecule has 3 aliphatic rings. The second kappa shape index (κ2) is 8.77. The minimum Gasteiger partial charge on any atom is -0.483 e. The van der Waals surface area contributed by atoms with E-state index in [1.165, 1.54) is 30.6 Å². The second-order valence-corrected chi connectivity index (χ2v) is 12.2. The number of carbonyl (C=O) groups is 1. The summed E-state index contributed by atoms with van der Waals surface area (Å²) in [5, 5.41) is 5.02. The molecule has 2 aliphatic carbocycles. The van der Waals surface area contributed by atoms with Crippen molar-refractivity contribution in [2.45, 2.75) is 42.4 Å². The molecule has 3 aromatic rings. The number of aromatic nitrogens is 1. The fraction of sp³-hybridized carbons (Fsp3) is 0.385. The Morgan fingerprint density at radius 1 is 1.18 bits per heavy atom. The van der Waals surface area contributed by atoms with E-state index in [0.29, 0.717) is 33.8 Å². The molecule has 0 spiro atoms. The number of H-pyrrole nitrogens is 1. The van der Waals surface area contributed by atoms with E-state index in [4.69, 9.17) is 16.3 Å². The number of carbonyl (C=O) groups excluding carboxylic acids is 1. The van der Waals surface area contributed by atoms with Gasteiger partial charge >= 0.3 is 4.87 Å². The Kier molecular flexibility index (Phi) is 5.74. The maximum atomic E-state index is 12.6. The smallest absolute Gasteiger partial charge is 0.305 e. The Labute approximate surface area is 211 Å². The van der Waals surface area contributed by atoms with Crippen LogP contribution in [0.3, 0.4) is 0 Å². The van der Waals surface area contributed by atoms with Crippen molar-refractivity contribution in [2.24, 2.45) is 17.8 Å². The monoisotopic (exact) mass is 512 g/mol. The molecule has 2 heterocycles. The number of thioether (sulfide) groups is 1. The number of halogens is 1. The zero-order valence-electron chi connectivity index (χ0n) is 18.7. The van der Waals surface area contributed by atoms with Gasteiger partial charge in [0, 0.05) is 32.3 Å². The minimum absolute atomic E-state index is 0.0169. The van der Waals surface area contributed by atoms with Crippen molar-refractivity contribution in [3.8, 4) is 5.75 Å². The molecule has 6 rings (SSSR count). The van der Waals surface area contributed by atoms with Crippen molar-refractivity contribution in [1.29, 1.82) is 0 Å². The van der Waals surface area contributed by atoms with E-state index >= 15 is 0 Å². The topological polar surface area (TPSA) is 71.2 Å². The van der Waals surface area contributed by atoms with Gasteiger partial charge in [0.15, 0.2) is 6.61 Å². The number of anilines is 1. The number of fused-ring (bicyclic) bond motifs is 6. The van der Waals surface area contributed by atoms with Gasteiger partial charge in [0.25, 0.3) is 5.91 Å². The predicted octanol–water partition coefficient (Wildman–Crippen LogP) is 6.07. The Hall–Kier alpha value is -2.22. The minimum atomic E-state index is -0.214. The van der Waals surface area contributed by atoms with E-state index in [9.17, 15) is 9.59 Å². The summed E-state index contributed by atoms with van der Waals surface area (Å²) in [5.74, 6) is 2.29. The standard InChI is InChI=1S/C26H25ClN2O3S2/c1-13-2-7-17(8-3-13)28-20(30)12-32-19-9-6-16(27)11-18(19)22-21-14-4-5-15(10-14)23(21)33-25-24(22)34-26(31)29-25/h2-3,6-9,11,14-15,21-23H,4-5,10,12H2,1H3,(H,28,30)(H,29,31)/t14?,15?,21?,22-,23?/m1/s1. The van der Waals surface area contributed by atoms with Crippen molar-refractivity contribution in [2.75, 3.05) is 11.9 Å². The van der Waals surface area contributed by atoms with Gasteiger partial charge in [-0.05, 0) is 74.3 Å². The quantitative estimate of drug-likeness (QED) is 0.435. The van der Waals surface area contributed by atoms with E-state index in [0.717, 1.165) is 26.7 Å². The molecule has 34 heavy (non-hydrogen) atoms. The first kappa shape index (κ1) is 22.3. The van der Waals surface area contributed by atoms with E-state index in [1.54, 1.807) is 6.07 Å². The van der Waals surface area contributed by atoms with Crippen molar-refractivity contribution < 1.29 is 9.53 Å². The number of benzene rings is 2. The lowest BCUT2D eigenvalue weighted by atomic mass is 9.74. The number of aryl methyl sites for hydroxylation is 1. The summed E-state index contributed by atoms with van der Waals surface area (Å²) in [6.45, 7) is 1.91. The van der Waals surface area contributed by atoms with Gasteiger partial charge in [0.2, 0.25) is 0 Å². The first-order valence-corrected chi connectivity index (χ1v) is 13.7. The number of rotatable bonds is 5. The highest BCUT2D eigenvalue weighted by atomic mass is 35.5. The summed E-state index contributed by atoms with van der Waals surface area (Å²) in [4.78, 5) is 29.1. The van der Waals surface area contributed by atoms with Crippen LogP contribution < -0.4 is 14.9 Å². The number of aromatic amines is 1. The first-order valence-electron chi connectivity index (χ1n) is 11.6. The molecule has 2 fully saturated rings. The van der Waals surface area contributed by atoms with Crippen molar-refractivity contribution in [1.82, 2.24) is 4.98 Å². The summed E-state index contributed by atoms with van der Waals surface area (Å²) in [6, 6.07) is 13.3. The van der Waals surface area contributed by atoms with Gasteiger partial charge in [-0.1, -0.05) is 40.6 Å². The van der Waals surface area contributed by atoms with Crippen LogP contribution in [-0.4, -0.2) is 22.7 Å². The lowest BCUT2D eigenvalue weighted by Gasteiger charge is -2.40. The van der Waals surface area contributed by atoms with Crippen molar-refractivity contribution in [3.63, 3.8) is 0 Å². The lowest BCUT2D eigenvalue weighted by molar-refractivity contribution is -0.118. The Morgan fingerprint density at radius 3 is 2.79 bits per heavy atom. The molecule has 2 bridgehead atoms. The fourth-order valence-electron chi connectivity index (χ4n) is 6.07. The summed E-state index contributed by atoms with van der Waals surface area (Å²) < 4.78 is 6.09. The molecule has 5 atom stereocenters. The van der Waals surface area contributed by atoms with E-state index in [1.807, 2.05) is 55.1 Å². The van der Waals surface area contributed by atoms with E-state index in [2.05, 4.69) is 10.3 Å². The molecular formula is C26H25ClN2O3S2. The number of nitrogens with one attached hydrogen (secondary N) is 2. The van der Waals surface area contributed by atoms with Gasteiger partial charge < -0.3 is 15.0 Å². The molecule has 176 valence electrons. The molecule has 0 radical (unpaired) electrons. The molecule has 4 unspecified atom stereocenters. The number of hydrogen-bond donors (Lipinski definition) is 2. The Bertz CT molecular complexity index is 1300. The van der Waals surface area contributed by atoms with Gasteiger partial charge in [-0.25, -0.2) is 0 Å². The fourth-order valence-corrected chi connectivity index (χ4v) is 9.13. The van der Waals surface area contributed by atoms with Crippen LogP contribution in [0.25, 0.3) is 0 Å². The Balaban J connectivity index is 1.30. The Morgan fingerprint density at radius 2 is 1.97 bits per heavy atom. The van der Waals surface area contributed by atoms with Crippen molar-refractivity contribution >= 4 is 46.3 Å². The van der Waals surface area contributed by atoms with Crippen LogP contribution in [0.5, 0.6) is 5.75 Å². The predicted molar refractivity (Wildman–Crippen MR) is 138 cm³/mol. The van der Waals surface area contributed by atoms with Gasteiger partial charge in [-0.15, -0.1) is 11.8 Å². The third-order valence-electron chi connectivity index (χ3n) is 7.47. The number of amides is 1. The van der Waals surface area contributed by atoms with Gasteiger partial charge in [0.1, 0.15) is 5.75 Å². The zero-order chi connectivity index (χ0) is 23.4. The second-order valence-electron chi connectivity index (χ2n) is 9.56. The maximum Gasteiger partial charge on any atom is 0.305 e. The largest absolute Gasteiger partial charge is 0.483 e. The van der Waals surface area contributed by atoms with Crippen LogP contribution in [0.4, 0.5) is 5.69 Å². The summed E-state index contributed by atoms with van der Waals surface area (Å²) >= 11 is 9.63. The third-order valence-corrected chi connectivity index (χ3v) is 10.3. The lowest BCUT2D eigenvalue weighted by Crippen LogP contribution is -2.34.